The molecule has 0 aliphatic heterocycles. The number of aromatic nitrogens is 3. The molecule has 1 aromatic heterocycles. The van der Waals surface area contributed by atoms with Crippen LogP contribution in [0.2, 0.25) is 0 Å². The van der Waals surface area contributed by atoms with Gasteiger partial charge in [0.15, 0.2) is 5.78 Å². The SMILES string of the molecule is COc1cccc(/C=N/Nc2nnc(SCC(=O)c3ccc(Br)cc3)n2N)c1. The highest BCUT2D eigenvalue weighted by Gasteiger charge is 2.13. The molecule has 0 fully saturated rings. The van der Waals surface area contributed by atoms with E-state index in [-0.39, 0.29) is 17.5 Å². The topological polar surface area (TPSA) is 107 Å². The van der Waals surface area contributed by atoms with Crippen LogP contribution in [0.3, 0.4) is 0 Å². The number of ketones is 1. The number of nitrogens with one attached hydrogen (secondary N) is 1. The molecule has 0 radical (unpaired) electrons. The lowest BCUT2D eigenvalue weighted by atomic mass is 10.2. The Morgan fingerprint density at radius 3 is 2.86 bits per heavy atom. The summed E-state index contributed by atoms with van der Waals surface area (Å²) in [6, 6.07) is 14.6. The van der Waals surface area contributed by atoms with Gasteiger partial charge in [0.2, 0.25) is 5.16 Å². The Kier molecular flexibility index (Phi) is 6.66. The first kappa shape index (κ1) is 19.9. The Hall–Kier alpha value is -2.85. The van der Waals surface area contributed by atoms with Gasteiger partial charge in [0.1, 0.15) is 5.75 Å². The molecule has 0 spiro atoms. The largest absolute Gasteiger partial charge is 0.497 e. The molecule has 28 heavy (non-hydrogen) atoms. The van der Waals surface area contributed by atoms with Crippen LogP contribution in [0.15, 0.2) is 63.3 Å². The van der Waals surface area contributed by atoms with Gasteiger partial charge in [0, 0.05) is 10.0 Å². The summed E-state index contributed by atoms with van der Waals surface area (Å²) in [5.41, 5.74) is 4.21. The predicted octanol–water partition coefficient (Wildman–Crippen LogP) is 3.18. The second-order valence-electron chi connectivity index (χ2n) is 5.54. The maximum Gasteiger partial charge on any atom is 0.264 e. The number of hydrazone groups is 1. The van der Waals surface area contributed by atoms with E-state index in [2.05, 4.69) is 36.7 Å². The van der Waals surface area contributed by atoms with Gasteiger partial charge in [-0.2, -0.15) is 5.10 Å². The molecule has 0 atom stereocenters. The van der Waals surface area contributed by atoms with Crippen LogP contribution >= 0.6 is 27.7 Å². The fourth-order valence-electron chi connectivity index (χ4n) is 2.19. The van der Waals surface area contributed by atoms with Gasteiger partial charge in [-0.1, -0.05) is 52.0 Å². The van der Waals surface area contributed by atoms with Gasteiger partial charge in [0.05, 0.1) is 19.1 Å². The molecule has 2 aromatic carbocycles. The summed E-state index contributed by atoms with van der Waals surface area (Å²) in [7, 11) is 1.60. The molecular formula is C18H17BrN6O2S. The van der Waals surface area contributed by atoms with Crippen LogP contribution in [0.5, 0.6) is 5.75 Å². The van der Waals surface area contributed by atoms with E-state index in [9.17, 15) is 4.79 Å². The monoisotopic (exact) mass is 460 g/mol. The van der Waals surface area contributed by atoms with Crippen molar-refractivity contribution in [2.45, 2.75) is 5.16 Å². The molecule has 1 heterocycles. The molecule has 8 nitrogen and oxygen atoms in total. The lowest BCUT2D eigenvalue weighted by molar-refractivity contribution is 0.102. The minimum Gasteiger partial charge on any atom is -0.497 e. The molecule has 10 heteroatoms. The van der Waals surface area contributed by atoms with Crippen LogP contribution < -0.4 is 16.0 Å². The third kappa shape index (κ3) is 5.11. The molecule has 3 rings (SSSR count). The summed E-state index contributed by atoms with van der Waals surface area (Å²) in [6.45, 7) is 0. The molecular weight excluding hydrogens is 444 g/mol. The van der Waals surface area contributed by atoms with Crippen LogP contribution in [0.1, 0.15) is 15.9 Å². The number of carbonyl (C=O) groups is 1. The average molecular weight is 461 g/mol. The van der Waals surface area contributed by atoms with E-state index in [1.54, 1.807) is 25.5 Å². The molecule has 3 aromatic rings. The number of thioether (sulfide) groups is 1. The molecule has 0 unspecified atom stereocenters. The van der Waals surface area contributed by atoms with Gasteiger partial charge in [-0.05, 0) is 29.8 Å². The lowest BCUT2D eigenvalue weighted by Crippen LogP contribution is -2.14. The number of carbonyl (C=O) groups excluding carboxylic acids is 1. The highest BCUT2D eigenvalue weighted by atomic mass is 79.9. The molecule has 0 saturated heterocycles. The van der Waals surface area contributed by atoms with Gasteiger partial charge in [-0.15, -0.1) is 10.2 Å². The normalized spacial score (nSPS) is 10.9. The number of rotatable bonds is 8. The number of hydrogen-bond acceptors (Lipinski definition) is 8. The molecule has 0 saturated carbocycles. The highest BCUT2D eigenvalue weighted by Crippen LogP contribution is 2.19. The van der Waals surface area contributed by atoms with E-state index in [1.165, 1.54) is 16.4 Å². The van der Waals surface area contributed by atoms with Crippen molar-refractivity contribution >= 4 is 45.6 Å². The summed E-state index contributed by atoms with van der Waals surface area (Å²) in [5, 5.41) is 12.4. The minimum absolute atomic E-state index is 0.0222. The summed E-state index contributed by atoms with van der Waals surface area (Å²) < 4.78 is 7.34. The van der Waals surface area contributed by atoms with E-state index in [1.807, 2.05) is 36.4 Å². The summed E-state index contributed by atoms with van der Waals surface area (Å²) in [4.78, 5) is 12.2. The Morgan fingerprint density at radius 1 is 1.32 bits per heavy atom. The molecule has 0 aliphatic rings. The van der Waals surface area contributed by atoms with Crippen molar-refractivity contribution in [3.63, 3.8) is 0 Å². The van der Waals surface area contributed by atoms with Crippen LogP contribution in [0, 0.1) is 0 Å². The van der Waals surface area contributed by atoms with Crippen LogP contribution in [-0.2, 0) is 0 Å². The maximum atomic E-state index is 12.2. The van der Waals surface area contributed by atoms with E-state index in [0.29, 0.717) is 10.7 Å². The van der Waals surface area contributed by atoms with Crippen molar-refractivity contribution in [3.05, 3.63) is 64.1 Å². The fourth-order valence-corrected chi connectivity index (χ4v) is 3.20. The van der Waals surface area contributed by atoms with E-state index < -0.39 is 0 Å². The number of nitrogens with zero attached hydrogens (tertiary/aromatic N) is 4. The molecule has 3 N–H and O–H groups in total. The first-order chi connectivity index (χ1) is 13.6. The molecule has 0 aliphatic carbocycles. The fraction of sp³-hybridized carbons (Fsp3) is 0.111. The van der Waals surface area contributed by atoms with E-state index in [0.717, 1.165) is 15.8 Å². The lowest BCUT2D eigenvalue weighted by Gasteiger charge is -2.03. The maximum absolute atomic E-state index is 12.2. The van der Waals surface area contributed by atoms with Gasteiger partial charge in [-0.25, -0.2) is 10.1 Å². The summed E-state index contributed by atoms with van der Waals surface area (Å²) in [6.07, 6.45) is 1.61. The number of benzene rings is 2. The van der Waals surface area contributed by atoms with Crippen LogP contribution in [0.4, 0.5) is 5.95 Å². The highest BCUT2D eigenvalue weighted by molar-refractivity contribution is 9.10. The van der Waals surface area contributed by atoms with Crippen molar-refractivity contribution in [2.24, 2.45) is 5.10 Å². The molecule has 0 bridgehead atoms. The number of nitrogen functional groups attached to an aromatic ring is 1. The van der Waals surface area contributed by atoms with Gasteiger partial charge in [-0.3, -0.25) is 4.79 Å². The first-order valence-corrected chi connectivity index (χ1v) is 9.90. The van der Waals surface area contributed by atoms with E-state index >= 15 is 0 Å². The third-order valence-electron chi connectivity index (χ3n) is 3.64. The van der Waals surface area contributed by atoms with Crippen LogP contribution in [0.25, 0.3) is 0 Å². The van der Waals surface area contributed by atoms with Gasteiger partial charge >= 0.3 is 0 Å². The Bertz CT molecular complexity index is 990. The van der Waals surface area contributed by atoms with Crippen molar-refractivity contribution < 1.29 is 9.53 Å². The Balaban J connectivity index is 1.58. The zero-order valence-electron chi connectivity index (χ0n) is 14.9. The number of Topliss-reactive ketones (excluding diaryl/α,β-unsaturated/α-hetero) is 1. The number of halogens is 1. The standard InChI is InChI=1S/C18H17BrN6O2S/c1-27-15-4-2-3-12(9-15)10-21-22-17-23-24-18(25(17)20)28-11-16(26)13-5-7-14(19)8-6-13/h2-10H,11,20H2,1H3,(H,22,23)/b21-10+. The third-order valence-corrected chi connectivity index (χ3v) is 5.11. The zero-order valence-corrected chi connectivity index (χ0v) is 17.3. The Morgan fingerprint density at radius 2 is 2.11 bits per heavy atom. The van der Waals surface area contributed by atoms with Crippen LogP contribution in [-0.4, -0.2) is 39.7 Å². The number of methoxy groups -OCH3 is 1. The van der Waals surface area contributed by atoms with Crippen molar-refractivity contribution in [3.8, 4) is 5.75 Å². The number of hydrogen-bond donors (Lipinski definition) is 2. The quantitative estimate of drug-likeness (QED) is 0.174. The smallest absolute Gasteiger partial charge is 0.264 e. The first-order valence-electron chi connectivity index (χ1n) is 8.12. The number of nitrogens with two attached hydrogens (primary N) is 1. The second kappa shape index (κ2) is 9.38. The van der Waals surface area contributed by atoms with Crippen molar-refractivity contribution in [1.82, 2.24) is 14.9 Å². The van der Waals surface area contributed by atoms with Crippen molar-refractivity contribution in [2.75, 3.05) is 24.1 Å². The van der Waals surface area contributed by atoms with Gasteiger partial charge in [0.25, 0.3) is 5.95 Å². The minimum atomic E-state index is -0.0222. The number of anilines is 1. The average Bonchev–Trinajstić information content (AvgIpc) is 3.06. The predicted molar refractivity (Wildman–Crippen MR) is 114 cm³/mol. The zero-order chi connectivity index (χ0) is 19.9. The van der Waals surface area contributed by atoms with E-state index in [4.69, 9.17) is 10.6 Å². The summed E-state index contributed by atoms with van der Waals surface area (Å²) >= 11 is 4.55. The van der Waals surface area contributed by atoms with Gasteiger partial charge < -0.3 is 10.6 Å². The second-order valence-corrected chi connectivity index (χ2v) is 7.40. The van der Waals surface area contributed by atoms with Crippen molar-refractivity contribution in [1.29, 1.82) is 0 Å². The Labute approximate surface area is 174 Å². The molecule has 144 valence electrons. The summed E-state index contributed by atoms with van der Waals surface area (Å²) in [5.74, 6) is 7.14. The molecule has 0 amide bonds. The number of ether oxygens (including phenoxy) is 1.